The van der Waals surface area contributed by atoms with Crippen LogP contribution in [0.15, 0.2) is 0 Å². The molecule has 6 nitrogen and oxygen atoms in total. The number of aliphatic hydroxyl groups is 1. The predicted molar refractivity (Wildman–Crippen MR) is 54.9 cm³/mol. The van der Waals surface area contributed by atoms with Gasteiger partial charge in [0.05, 0.1) is 17.3 Å². The van der Waals surface area contributed by atoms with Crippen molar-refractivity contribution in [2.75, 3.05) is 6.54 Å². The summed E-state index contributed by atoms with van der Waals surface area (Å²) in [5.74, 6) is -1.18. The molecule has 0 fully saturated rings. The second-order valence-electron chi connectivity index (χ2n) is 3.98. The lowest BCUT2D eigenvalue weighted by atomic mass is 10.0. The summed E-state index contributed by atoms with van der Waals surface area (Å²) in [5, 5.41) is 17.4. The molecule has 0 radical (unpaired) electrons. The second-order valence-corrected chi connectivity index (χ2v) is 6.30. The first-order valence-corrected chi connectivity index (χ1v) is 6.04. The smallest absolute Gasteiger partial charge is 0.306 e. The van der Waals surface area contributed by atoms with E-state index in [1.165, 1.54) is 20.8 Å². The van der Waals surface area contributed by atoms with Gasteiger partial charge in [-0.3, -0.25) is 4.79 Å². The molecule has 0 aliphatic rings. The van der Waals surface area contributed by atoms with Gasteiger partial charge in [-0.25, -0.2) is 13.1 Å². The minimum absolute atomic E-state index is 0.306. The van der Waals surface area contributed by atoms with Crippen LogP contribution in [-0.4, -0.2) is 42.0 Å². The standard InChI is InChI=1S/C8H17NO5S/c1-6(2)15(13,14)9-5-8(3,12)4-7(10)11/h6,9,12H,4-5H2,1-3H3,(H,10,11). The zero-order chi connectivity index (χ0) is 12.3. The fourth-order valence-corrected chi connectivity index (χ4v) is 1.66. The molecule has 0 aromatic carbocycles. The number of carboxylic acids is 1. The number of hydrogen-bond acceptors (Lipinski definition) is 4. The summed E-state index contributed by atoms with van der Waals surface area (Å²) in [4.78, 5) is 10.3. The average Bonchev–Trinajstić information content (AvgIpc) is 1.98. The Morgan fingerprint density at radius 1 is 1.47 bits per heavy atom. The summed E-state index contributed by atoms with van der Waals surface area (Å²) in [7, 11) is -3.47. The fourth-order valence-electron chi connectivity index (χ4n) is 0.811. The summed E-state index contributed by atoms with van der Waals surface area (Å²) in [6, 6.07) is 0. The first kappa shape index (κ1) is 14.3. The number of carbonyl (C=O) groups is 1. The summed E-state index contributed by atoms with van der Waals surface area (Å²) in [5.41, 5.74) is -1.58. The van der Waals surface area contributed by atoms with Crippen LogP contribution < -0.4 is 4.72 Å². The molecule has 15 heavy (non-hydrogen) atoms. The molecular weight excluding hydrogens is 222 g/mol. The lowest BCUT2D eigenvalue weighted by Crippen LogP contribution is -2.44. The van der Waals surface area contributed by atoms with E-state index in [1.807, 2.05) is 0 Å². The molecule has 1 unspecified atom stereocenters. The number of nitrogens with one attached hydrogen (secondary N) is 1. The van der Waals surface area contributed by atoms with Crippen LogP contribution in [0.2, 0.25) is 0 Å². The Labute approximate surface area is 89.4 Å². The summed E-state index contributed by atoms with van der Waals surface area (Å²) < 4.78 is 24.7. The number of rotatable bonds is 6. The van der Waals surface area contributed by atoms with Crippen molar-refractivity contribution >= 4 is 16.0 Å². The molecular formula is C8H17NO5S. The van der Waals surface area contributed by atoms with Gasteiger partial charge in [-0.05, 0) is 20.8 Å². The average molecular weight is 239 g/mol. The molecule has 0 aliphatic heterocycles. The second kappa shape index (κ2) is 4.91. The first-order valence-electron chi connectivity index (χ1n) is 4.49. The third kappa shape index (κ3) is 5.71. The molecule has 0 aromatic rings. The molecule has 0 heterocycles. The Balaban J connectivity index is 4.33. The van der Waals surface area contributed by atoms with Crippen LogP contribution >= 0.6 is 0 Å². The fraction of sp³-hybridized carbons (Fsp3) is 0.875. The van der Waals surface area contributed by atoms with Crippen molar-refractivity contribution in [2.45, 2.75) is 38.0 Å². The molecule has 3 N–H and O–H groups in total. The van der Waals surface area contributed by atoms with Crippen molar-refractivity contribution < 1.29 is 23.4 Å². The maximum Gasteiger partial charge on any atom is 0.306 e. The summed E-state index contributed by atoms with van der Waals surface area (Å²) in [6.07, 6.45) is -0.506. The molecule has 1 atom stereocenters. The van der Waals surface area contributed by atoms with Crippen molar-refractivity contribution in [1.29, 1.82) is 0 Å². The first-order chi connectivity index (χ1) is 6.57. The van der Waals surface area contributed by atoms with Gasteiger partial charge in [-0.1, -0.05) is 0 Å². The van der Waals surface area contributed by atoms with Crippen molar-refractivity contribution in [3.63, 3.8) is 0 Å². The molecule has 90 valence electrons. The largest absolute Gasteiger partial charge is 0.481 e. The van der Waals surface area contributed by atoms with Gasteiger partial charge in [0.15, 0.2) is 0 Å². The number of carboxylic acid groups (broad SMARTS) is 1. The highest BCUT2D eigenvalue weighted by Gasteiger charge is 2.27. The highest BCUT2D eigenvalue weighted by molar-refractivity contribution is 7.90. The van der Waals surface area contributed by atoms with Crippen LogP contribution in [-0.2, 0) is 14.8 Å². The topological polar surface area (TPSA) is 104 Å². The molecule has 0 saturated carbocycles. The van der Waals surface area contributed by atoms with Gasteiger partial charge < -0.3 is 10.2 Å². The Hall–Kier alpha value is -0.660. The van der Waals surface area contributed by atoms with Gasteiger partial charge in [0.2, 0.25) is 10.0 Å². The zero-order valence-corrected chi connectivity index (χ0v) is 9.84. The van der Waals surface area contributed by atoms with E-state index in [9.17, 15) is 18.3 Å². The Kier molecular flexibility index (Phi) is 4.69. The van der Waals surface area contributed by atoms with Gasteiger partial charge in [-0.2, -0.15) is 0 Å². The van der Waals surface area contributed by atoms with Crippen molar-refractivity contribution in [3.05, 3.63) is 0 Å². The van der Waals surface area contributed by atoms with Gasteiger partial charge in [-0.15, -0.1) is 0 Å². The summed E-state index contributed by atoms with van der Waals surface area (Å²) >= 11 is 0. The maximum atomic E-state index is 11.3. The number of hydrogen-bond donors (Lipinski definition) is 3. The van der Waals surface area contributed by atoms with Crippen LogP contribution in [0, 0.1) is 0 Å². The normalized spacial score (nSPS) is 16.3. The monoisotopic (exact) mass is 239 g/mol. The van der Waals surface area contributed by atoms with Crippen molar-refractivity contribution in [3.8, 4) is 0 Å². The molecule has 0 spiro atoms. The molecule has 0 bridgehead atoms. The van der Waals surface area contributed by atoms with Crippen LogP contribution in [0.1, 0.15) is 27.2 Å². The highest BCUT2D eigenvalue weighted by atomic mass is 32.2. The van der Waals surface area contributed by atoms with Crippen LogP contribution in [0.4, 0.5) is 0 Å². The maximum absolute atomic E-state index is 11.3. The number of aliphatic carboxylic acids is 1. The number of sulfonamides is 1. The van der Waals surface area contributed by atoms with Gasteiger partial charge >= 0.3 is 5.97 Å². The highest BCUT2D eigenvalue weighted by Crippen LogP contribution is 2.08. The Morgan fingerprint density at radius 2 is 1.93 bits per heavy atom. The van der Waals surface area contributed by atoms with Crippen molar-refractivity contribution in [1.82, 2.24) is 4.72 Å². The van der Waals surface area contributed by atoms with E-state index < -0.39 is 33.3 Å². The van der Waals surface area contributed by atoms with E-state index in [0.717, 1.165) is 0 Å². The van der Waals surface area contributed by atoms with Crippen LogP contribution in [0.25, 0.3) is 0 Å². The molecule has 0 rings (SSSR count). The van der Waals surface area contributed by atoms with E-state index in [4.69, 9.17) is 5.11 Å². The lowest BCUT2D eigenvalue weighted by Gasteiger charge is -2.22. The molecule has 0 saturated heterocycles. The molecule has 0 aromatic heterocycles. The van der Waals surface area contributed by atoms with Gasteiger partial charge in [0.1, 0.15) is 0 Å². The third-order valence-electron chi connectivity index (χ3n) is 1.81. The Morgan fingerprint density at radius 3 is 2.27 bits per heavy atom. The summed E-state index contributed by atoms with van der Waals surface area (Å²) in [6.45, 7) is 3.95. The Bertz CT molecular complexity index is 320. The van der Waals surface area contributed by atoms with E-state index in [-0.39, 0.29) is 6.54 Å². The molecule has 0 amide bonds. The molecule has 7 heteroatoms. The van der Waals surface area contributed by atoms with E-state index in [1.54, 1.807) is 0 Å². The quantitative estimate of drug-likeness (QED) is 0.582. The van der Waals surface area contributed by atoms with E-state index in [0.29, 0.717) is 0 Å². The van der Waals surface area contributed by atoms with Gasteiger partial charge in [0, 0.05) is 6.54 Å². The minimum Gasteiger partial charge on any atom is -0.481 e. The predicted octanol–water partition coefficient (Wildman–Crippen LogP) is -0.460. The van der Waals surface area contributed by atoms with Crippen molar-refractivity contribution in [2.24, 2.45) is 0 Å². The van der Waals surface area contributed by atoms with Crippen LogP contribution in [0.3, 0.4) is 0 Å². The van der Waals surface area contributed by atoms with Gasteiger partial charge in [0.25, 0.3) is 0 Å². The van der Waals surface area contributed by atoms with E-state index in [2.05, 4.69) is 4.72 Å². The van der Waals surface area contributed by atoms with Crippen LogP contribution in [0.5, 0.6) is 0 Å². The SMILES string of the molecule is CC(C)S(=O)(=O)NCC(C)(O)CC(=O)O. The minimum atomic E-state index is -3.47. The molecule has 0 aliphatic carbocycles. The van der Waals surface area contributed by atoms with E-state index >= 15 is 0 Å². The zero-order valence-electron chi connectivity index (χ0n) is 9.02. The third-order valence-corrected chi connectivity index (χ3v) is 3.59. The lowest BCUT2D eigenvalue weighted by molar-refractivity contribution is -0.141.